The highest BCUT2D eigenvalue weighted by molar-refractivity contribution is 14.1. The number of benzene rings is 1. The minimum atomic E-state index is -3.37. The molecule has 18 heavy (non-hydrogen) atoms. The van der Waals surface area contributed by atoms with E-state index in [0.717, 1.165) is 3.57 Å². The molecule has 0 radical (unpaired) electrons. The molecule has 0 aromatic heterocycles. The molecule has 1 unspecified atom stereocenters. The summed E-state index contributed by atoms with van der Waals surface area (Å²) in [6, 6.07) is 5.33. The molecule has 0 aliphatic carbocycles. The van der Waals surface area contributed by atoms with Crippen molar-refractivity contribution in [3.05, 3.63) is 26.8 Å². The van der Waals surface area contributed by atoms with Crippen LogP contribution in [0.4, 0.5) is 14.5 Å². The Labute approximate surface area is 121 Å². The fourth-order valence-electron chi connectivity index (χ4n) is 1.62. The highest BCUT2D eigenvalue weighted by Gasteiger charge is 2.50. The van der Waals surface area contributed by atoms with Gasteiger partial charge in [-0.05, 0) is 40.8 Å². The number of carbonyl (C=O) groups is 1. The number of esters is 1. The fraction of sp³-hybridized carbons (Fsp3) is 0.364. The van der Waals surface area contributed by atoms with Crippen molar-refractivity contribution in [2.45, 2.75) is 18.4 Å². The Kier molecular flexibility index (Phi) is 3.96. The van der Waals surface area contributed by atoms with Crippen LogP contribution in [0.3, 0.4) is 0 Å². The van der Waals surface area contributed by atoms with E-state index in [1.165, 1.54) is 0 Å². The third-order valence-corrected chi connectivity index (χ3v) is 3.51. The van der Waals surface area contributed by atoms with Crippen molar-refractivity contribution in [3.63, 3.8) is 0 Å². The Morgan fingerprint density at radius 3 is 2.89 bits per heavy atom. The summed E-state index contributed by atoms with van der Waals surface area (Å²) >= 11 is 8.06. The highest BCUT2D eigenvalue weighted by atomic mass is 127. The van der Waals surface area contributed by atoms with Gasteiger partial charge >= 0.3 is 11.9 Å². The number of hydrogen-bond donors (Lipinski definition) is 1. The monoisotopic (exact) mass is 387 g/mol. The molecule has 7 heteroatoms. The van der Waals surface area contributed by atoms with Gasteiger partial charge in [0.25, 0.3) is 0 Å². The quantitative estimate of drug-likeness (QED) is 0.639. The average molecular weight is 388 g/mol. The number of nitrogens with one attached hydrogen (secondary N) is 1. The molecule has 1 aliphatic rings. The standard InChI is InChI=1S/C11H9ClF2INO2/c12-8-2-1-6(15)3-9(8)16-5-7-4-11(13,14)10(17)18-7/h1-3,7,16H,4-5H2. The molecule has 0 spiro atoms. The van der Waals surface area contributed by atoms with E-state index in [1.807, 2.05) is 6.07 Å². The zero-order valence-electron chi connectivity index (χ0n) is 9.05. The topological polar surface area (TPSA) is 38.3 Å². The van der Waals surface area contributed by atoms with Gasteiger partial charge in [0, 0.05) is 3.57 Å². The summed E-state index contributed by atoms with van der Waals surface area (Å²) in [6.07, 6.45) is -1.43. The first kappa shape index (κ1) is 13.8. The van der Waals surface area contributed by atoms with E-state index in [9.17, 15) is 13.6 Å². The number of carbonyl (C=O) groups excluding carboxylic acids is 1. The third kappa shape index (κ3) is 3.03. The Balaban J connectivity index is 1.97. The molecule has 98 valence electrons. The molecule has 1 N–H and O–H groups in total. The van der Waals surface area contributed by atoms with E-state index in [2.05, 4.69) is 32.6 Å². The number of halogens is 4. The number of alkyl halides is 2. The minimum Gasteiger partial charge on any atom is -0.456 e. The van der Waals surface area contributed by atoms with Gasteiger partial charge in [-0.25, -0.2) is 4.79 Å². The summed E-state index contributed by atoms with van der Waals surface area (Å²) in [5.74, 6) is -4.83. The second-order valence-corrected chi connectivity index (χ2v) is 5.59. The summed E-state index contributed by atoms with van der Waals surface area (Å²) in [5.41, 5.74) is 0.634. The fourth-order valence-corrected chi connectivity index (χ4v) is 2.29. The summed E-state index contributed by atoms with van der Waals surface area (Å²) in [7, 11) is 0. The largest absolute Gasteiger partial charge is 0.456 e. The van der Waals surface area contributed by atoms with Gasteiger partial charge in [0.2, 0.25) is 0 Å². The van der Waals surface area contributed by atoms with Crippen molar-refractivity contribution in [2.75, 3.05) is 11.9 Å². The first-order chi connectivity index (χ1) is 8.38. The number of rotatable bonds is 3. The molecule has 1 saturated heterocycles. The Morgan fingerprint density at radius 2 is 2.28 bits per heavy atom. The average Bonchev–Trinajstić information content (AvgIpc) is 2.54. The van der Waals surface area contributed by atoms with Gasteiger partial charge in [0.05, 0.1) is 23.7 Å². The van der Waals surface area contributed by atoms with Crippen molar-refractivity contribution in [1.82, 2.24) is 0 Å². The molecule has 1 aromatic rings. The summed E-state index contributed by atoms with van der Waals surface area (Å²) in [5, 5.41) is 3.40. The third-order valence-electron chi connectivity index (χ3n) is 2.50. The first-order valence-electron chi connectivity index (χ1n) is 5.16. The van der Waals surface area contributed by atoms with Gasteiger partial charge in [-0.15, -0.1) is 0 Å². The van der Waals surface area contributed by atoms with E-state index < -0.39 is 24.4 Å². The SMILES string of the molecule is O=C1OC(CNc2cc(I)ccc2Cl)CC1(F)F. The maximum Gasteiger partial charge on any atom is 0.377 e. The van der Waals surface area contributed by atoms with Crippen molar-refractivity contribution in [2.24, 2.45) is 0 Å². The van der Waals surface area contributed by atoms with Gasteiger partial charge in [-0.1, -0.05) is 11.6 Å². The van der Waals surface area contributed by atoms with Crippen LogP contribution >= 0.6 is 34.2 Å². The first-order valence-corrected chi connectivity index (χ1v) is 6.62. The molecule has 1 fully saturated rings. The van der Waals surface area contributed by atoms with E-state index >= 15 is 0 Å². The van der Waals surface area contributed by atoms with Crippen LogP contribution in [-0.2, 0) is 9.53 Å². The Bertz CT molecular complexity index is 484. The number of cyclic esters (lactones) is 1. The molecular formula is C11H9ClF2INO2. The number of hydrogen-bond acceptors (Lipinski definition) is 3. The zero-order chi connectivity index (χ0) is 13.3. The van der Waals surface area contributed by atoms with Crippen molar-refractivity contribution >= 4 is 45.8 Å². The van der Waals surface area contributed by atoms with Crippen molar-refractivity contribution in [1.29, 1.82) is 0 Å². The van der Waals surface area contributed by atoms with Crippen LogP contribution in [0.2, 0.25) is 5.02 Å². The maximum absolute atomic E-state index is 12.9. The molecule has 2 rings (SSSR count). The smallest absolute Gasteiger partial charge is 0.377 e. The van der Waals surface area contributed by atoms with Crippen molar-refractivity contribution < 1.29 is 18.3 Å². The van der Waals surface area contributed by atoms with Crippen molar-refractivity contribution in [3.8, 4) is 0 Å². The van der Waals surface area contributed by atoms with Crippen LogP contribution in [0, 0.1) is 3.57 Å². The molecule has 0 saturated carbocycles. The predicted molar refractivity (Wildman–Crippen MR) is 72.1 cm³/mol. The van der Waals surface area contributed by atoms with Gasteiger partial charge in [0.15, 0.2) is 0 Å². The van der Waals surface area contributed by atoms with E-state index in [4.69, 9.17) is 11.6 Å². The maximum atomic E-state index is 12.9. The van der Waals surface area contributed by atoms with Crippen LogP contribution in [0.15, 0.2) is 18.2 Å². The van der Waals surface area contributed by atoms with E-state index in [-0.39, 0.29) is 6.54 Å². The van der Waals surface area contributed by atoms with Gasteiger partial charge in [0.1, 0.15) is 6.10 Å². The van der Waals surface area contributed by atoms with Crippen LogP contribution in [0.25, 0.3) is 0 Å². The van der Waals surface area contributed by atoms with Crippen LogP contribution in [-0.4, -0.2) is 24.5 Å². The number of anilines is 1. The lowest BCUT2D eigenvalue weighted by Crippen LogP contribution is -2.22. The molecule has 1 heterocycles. The molecule has 1 aliphatic heterocycles. The molecule has 0 amide bonds. The lowest BCUT2D eigenvalue weighted by molar-refractivity contribution is -0.158. The molecular weight excluding hydrogens is 378 g/mol. The molecule has 0 bridgehead atoms. The lowest BCUT2D eigenvalue weighted by atomic mass is 10.2. The zero-order valence-corrected chi connectivity index (χ0v) is 12.0. The van der Waals surface area contributed by atoms with E-state index in [1.54, 1.807) is 12.1 Å². The second-order valence-electron chi connectivity index (χ2n) is 3.94. The highest BCUT2D eigenvalue weighted by Crippen LogP contribution is 2.31. The van der Waals surface area contributed by atoms with Crippen LogP contribution in [0.1, 0.15) is 6.42 Å². The molecule has 1 atom stereocenters. The van der Waals surface area contributed by atoms with Crippen LogP contribution < -0.4 is 5.32 Å². The lowest BCUT2D eigenvalue weighted by Gasteiger charge is -2.12. The van der Waals surface area contributed by atoms with Crippen LogP contribution in [0.5, 0.6) is 0 Å². The normalized spacial score (nSPS) is 21.8. The Hall–Kier alpha value is -0.630. The minimum absolute atomic E-state index is 0.112. The van der Waals surface area contributed by atoms with Gasteiger partial charge < -0.3 is 10.1 Å². The van der Waals surface area contributed by atoms with E-state index in [0.29, 0.717) is 10.7 Å². The van der Waals surface area contributed by atoms with Gasteiger partial charge in [-0.2, -0.15) is 8.78 Å². The van der Waals surface area contributed by atoms with Gasteiger partial charge in [-0.3, -0.25) is 0 Å². The molecule has 3 nitrogen and oxygen atoms in total. The summed E-state index contributed by atoms with van der Waals surface area (Å²) in [4.78, 5) is 10.8. The second kappa shape index (κ2) is 5.16. The Morgan fingerprint density at radius 1 is 1.56 bits per heavy atom. The molecule has 1 aromatic carbocycles. The predicted octanol–water partition coefficient (Wildman–Crippen LogP) is 3.31. The summed E-state index contributed by atoms with van der Waals surface area (Å²) in [6.45, 7) is 0.112. The number of ether oxygens (including phenoxy) is 1. The summed E-state index contributed by atoms with van der Waals surface area (Å²) < 4.78 is 31.4.